The van der Waals surface area contributed by atoms with E-state index >= 15 is 0 Å². The third-order valence-corrected chi connectivity index (χ3v) is 2.82. The third-order valence-electron chi connectivity index (χ3n) is 2.82. The van der Waals surface area contributed by atoms with Gasteiger partial charge in [-0.2, -0.15) is 0 Å². The first kappa shape index (κ1) is 15.7. The van der Waals surface area contributed by atoms with E-state index in [9.17, 15) is 4.79 Å². The molecule has 1 rings (SSSR count). The Morgan fingerprint density at radius 3 is 2.62 bits per heavy atom. The lowest BCUT2D eigenvalue weighted by molar-refractivity contribution is -0.121. The van der Waals surface area contributed by atoms with E-state index < -0.39 is 0 Å². The Labute approximate surface area is 104 Å². The molecule has 0 aromatic heterocycles. The van der Waals surface area contributed by atoms with Crippen molar-refractivity contribution in [2.24, 2.45) is 5.92 Å². The highest BCUT2D eigenvalue weighted by Crippen LogP contribution is 2.17. The van der Waals surface area contributed by atoms with Crippen LogP contribution in [0, 0.1) is 5.92 Å². The summed E-state index contributed by atoms with van der Waals surface area (Å²) in [5.41, 5.74) is 0. The van der Waals surface area contributed by atoms with Crippen LogP contribution >= 0.6 is 12.4 Å². The van der Waals surface area contributed by atoms with Crippen molar-refractivity contribution in [3.8, 4) is 0 Å². The Morgan fingerprint density at radius 2 is 2.00 bits per heavy atom. The van der Waals surface area contributed by atoms with Crippen LogP contribution in [0.5, 0.6) is 0 Å². The van der Waals surface area contributed by atoms with Crippen LogP contribution in [0.1, 0.15) is 25.7 Å². The largest absolute Gasteiger partial charge is 0.381 e. The van der Waals surface area contributed by atoms with Gasteiger partial charge in [0.25, 0.3) is 0 Å². The van der Waals surface area contributed by atoms with Gasteiger partial charge in [-0.05, 0) is 32.2 Å². The zero-order valence-electron chi connectivity index (χ0n) is 9.96. The van der Waals surface area contributed by atoms with Gasteiger partial charge in [-0.3, -0.25) is 4.79 Å². The van der Waals surface area contributed by atoms with Gasteiger partial charge in [-0.1, -0.05) is 0 Å². The Morgan fingerprint density at radius 1 is 1.31 bits per heavy atom. The molecule has 96 valence electrons. The maximum Gasteiger partial charge on any atom is 0.221 e. The molecule has 0 aliphatic carbocycles. The number of hydrogen-bond donors (Lipinski definition) is 2. The van der Waals surface area contributed by atoms with Gasteiger partial charge in [0.15, 0.2) is 0 Å². The highest BCUT2D eigenvalue weighted by atomic mass is 35.5. The van der Waals surface area contributed by atoms with Gasteiger partial charge in [0.2, 0.25) is 5.91 Å². The molecule has 0 aromatic carbocycles. The topological polar surface area (TPSA) is 50.4 Å². The minimum Gasteiger partial charge on any atom is -0.381 e. The van der Waals surface area contributed by atoms with Crippen molar-refractivity contribution in [2.45, 2.75) is 25.7 Å². The summed E-state index contributed by atoms with van der Waals surface area (Å²) in [6, 6.07) is 0. The maximum atomic E-state index is 11.3. The minimum atomic E-state index is 0. The van der Waals surface area contributed by atoms with Crippen LogP contribution < -0.4 is 10.6 Å². The predicted molar refractivity (Wildman–Crippen MR) is 67.0 cm³/mol. The van der Waals surface area contributed by atoms with Crippen LogP contribution in [-0.4, -0.2) is 39.3 Å². The molecule has 1 saturated heterocycles. The summed E-state index contributed by atoms with van der Waals surface area (Å²) in [5.74, 6) is 0.889. The average Bonchev–Trinajstić information content (AvgIpc) is 2.28. The molecule has 0 spiro atoms. The van der Waals surface area contributed by atoms with E-state index in [1.807, 2.05) is 7.05 Å². The third kappa shape index (κ3) is 7.04. The highest BCUT2D eigenvalue weighted by Gasteiger charge is 2.13. The normalized spacial score (nSPS) is 16.6. The zero-order valence-corrected chi connectivity index (χ0v) is 10.8. The van der Waals surface area contributed by atoms with Crippen molar-refractivity contribution in [1.29, 1.82) is 0 Å². The number of hydrogen-bond acceptors (Lipinski definition) is 3. The second-order valence-corrected chi connectivity index (χ2v) is 4.05. The minimum absolute atomic E-state index is 0. The fourth-order valence-electron chi connectivity index (χ4n) is 1.78. The van der Waals surface area contributed by atoms with E-state index in [1.54, 1.807) is 0 Å². The molecule has 0 unspecified atom stereocenters. The van der Waals surface area contributed by atoms with Crippen LogP contribution in [0.4, 0.5) is 0 Å². The van der Waals surface area contributed by atoms with E-state index in [0.29, 0.717) is 6.42 Å². The Kier molecular flexibility index (Phi) is 9.68. The van der Waals surface area contributed by atoms with Gasteiger partial charge in [0.1, 0.15) is 0 Å². The van der Waals surface area contributed by atoms with Gasteiger partial charge in [-0.15, -0.1) is 12.4 Å². The molecule has 4 nitrogen and oxygen atoms in total. The summed E-state index contributed by atoms with van der Waals surface area (Å²) in [4.78, 5) is 11.3. The van der Waals surface area contributed by atoms with Gasteiger partial charge in [0.05, 0.1) is 0 Å². The number of carbonyl (C=O) groups excluding carboxylic acids is 1. The monoisotopic (exact) mass is 250 g/mol. The number of nitrogens with one attached hydrogen (secondary N) is 2. The first-order chi connectivity index (χ1) is 7.33. The molecule has 1 amide bonds. The van der Waals surface area contributed by atoms with E-state index in [2.05, 4.69) is 10.6 Å². The van der Waals surface area contributed by atoms with Crippen molar-refractivity contribution in [3.05, 3.63) is 0 Å². The summed E-state index contributed by atoms with van der Waals surface area (Å²) < 4.78 is 5.28. The SMILES string of the molecule is CNCCC(=O)NCCC1CCOCC1.Cl. The van der Waals surface area contributed by atoms with Crippen molar-refractivity contribution in [2.75, 3.05) is 33.4 Å². The fourth-order valence-corrected chi connectivity index (χ4v) is 1.78. The van der Waals surface area contributed by atoms with Crippen LogP contribution in [-0.2, 0) is 9.53 Å². The summed E-state index contributed by atoms with van der Waals surface area (Å²) in [6.45, 7) is 3.34. The Balaban J connectivity index is 0.00000225. The summed E-state index contributed by atoms with van der Waals surface area (Å²) in [6.07, 6.45) is 3.96. The summed E-state index contributed by atoms with van der Waals surface area (Å²) >= 11 is 0. The zero-order chi connectivity index (χ0) is 10.9. The molecular weight excluding hydrogens is 228 g/mol. The van der Waals surface area contributed by atoms with Crippen LogP contribution in [0.3, 0.4) is 0 Å². The molecule has 1 fully saturated rings. The lowest BCUT2D eigenvalue weighted by Gasteiger charge is -2.21. The smallest absolute Gasteiger partial charge is 0.221 e. The molecule has 1 aliphatic heterocycles. The number of rotatable bonds is 6. The van der Waals surface area contributed by atoms with Crippen LogP contribution in [0.2, 0.25) is 0 Å². The van der Waals surface area contributed by atoms with E-state index in [-0.39, 0.29) is 18.3 Å². The first-order valence-corrected chi connectivity index (χ1v) is 5.82. The molecule has 0 aromatic rings. The summed E-state index contributed by atoms with van der Waals surface area (Å²) in [7, 11) is 1.86. The molecule has 0 atom stereocenters. The first-order valence-electron chi connectivity index (χ1n) is 5.82. The van der Waals surface area contributed by atoms with E-state index in [1.165, 1.54) is 0 Å². The van der Waals surface area contributed by atoms with Gasteiger partial charge in [-0.25, -0.2) is 0 Å². The number of halogens is 1. The quantitative estimate of drug-likeness (QED) is 0.738. The molecule has 1 heterocycles. The maximum absolute atomic E-state index is 11.3. The second kappa shape index (κ2) is 9.87. The van der Waals surface area contributed by atoms with Gasteiger partial charge >= 0.3 is 0 Å². The standard InChI is InChI=1S/C11H22N2O2.ClH/c1-12-6-3-11(14)13-7-2-10-4-8-15-9-5-10;/h10,12H,2-9H2,1H3,(H,13,14);1H. The molecule has 16 heavy (non-hydrogen) atoms. The van der Waals surface area contributed by atoms with Gasteiger partial charge < -0.3 is 15.4 Å². The van der Waals surface area contributed by atoms with E-state index in [0.717, 1.165) is 51.5 Å². The van der Waals surface area contributed by atoms with Crippen LogP contribution in [0.15, 0.2) is 0 Å². The lowest BCUT2D eigenvalue weighted by atomic mass is 9.97. The van der Waals surface area contributed by atoms with Crippen molar-refractivity contribution in [3.63, 3.8) is 0 Å². The number of amides is 1. The molecule has 2 N–H and O–H groups in total. The molecular formula is C11H23ClN2O2. The van der Waals surface area contributed by atoms with E-state index in [4.69, 9.17) is 4.74 Å². The van der Waals surface area contributed by atoms with Crippen molar-refractivity contribution >= 4 is 18.3 Å². The average molecular weight is 251 g/mol. The molecule has 5 heteroatoms. The molecule has 0 radical (unpaired) electrons. The Bertz CT molecular complexity index is 185. The van der Waals surface area contributed by atoms with Crippen molar-refractivity contribution in [1.82, 2.24) is 10.6 Å². The van der Waals surface area contributed by atoms with Crippen molar-refractivity contribution < 1.29 is 9.53 Å². The lowest BCUT2D eigenvalue weighted by Crippen LogP contribution is -2.29. The highest BCUT2D eigenvalue weighted by molar-refractivity contribution is 5.85. The Hall–Kier alpha value is -0.320. The second-order valence-electron chi connectivity index (χ2n) is 4.05. The molecule has 0 saturated carbocycles. The predicted octanol–water partition coefficient (Wildman–Crippen LogP) is 0.951. The fraction of sp³-hybridized carbons (Fsp3) is 0.909. The number of carbonyl (C=O) groups is 1. The van der Waals surface area contributed by atoms with Crippen LogP contribution in [0.25, 0.3) is 0 Å². The number of ether oxygens (including phenoxy) is 1. The van der Waals surface area contributed by atoms with Gasteiger partial charge in [0, 0.05) is 32.7 Å². The molecule has 1 aliphatic rings. The summed E-state index contributed by atoms with van der Waals surface area (Å²) in [5, 5.41) is 5.91. The molecule has 0 bridgehead atoms.